The second-order valence-corrected chi connectivity index (χ2v) is 13.2. The Morgan fingerprint density at radius 3 is 1.76 bits per heavy atom. The summed E-state index contributed by atoms with van der Waals surface area (Å²) in [5, 5.41) is 0. The number of benzene rings is 4. The predicted molar refractivity (Wildman–Crippen MR) is 198 cm³/mol. The molecule has 0 aliphatic heterocycles. The Balaban J connectivity index is 1.68. The number of hydrogen-bond acceptors (Lipinski definition) is 5. The van der Waals surface area contributed by atoms with Gasteiger partial charge in [-0.1, -0.05) is 97.1 Å². The van der Waals surface area contributed by atoms with Crippen LogP contribution >= 0.6 is 0 Å². The minimum absolute atomic E-state index is 0.136. The molecule has 0 unspecified atom stereocenters. The van der Waals surface area contributed by atoms with E-state index in [1.165, 1.54) is 4.90 Å². The minimum Gasteiger partial charge on any atom is -0.344 e. The third kappa shape index (κ3) is 10.1. The van der Waals surface area contributed by atoms with E-state index in [1.54, 1.807) is 43.1 Å². The first-order valence-corrected chi connectivity index (χ1v) is 16.9. The van der Waals surface area contributed by atoms with Crippen LogP contribution < -0.4 is 5.73 Å². The first-order valence-electron chi connectivity index (χ1n) is 16.9. The van der Waals surface area contributed by atoms with E-state index in [1.807, 2.05) is 106 Å². The van der Waals surface area contributed by atoms with Crippen molar-refractivity contribution < 1.29 is 14.4 Å². The molecule has 0 saturated carbocycles. The lowest BCUT2D eigenvalue weighted by atomic mass is 9.97. The van der Waals surface area contributed by atoms with Crippen LogP contribution in [-0.4, -0.2) is 97.7 Å². The van der Waals surface area contributed by atoms with Gasteiger partial charge in [-0.3, -0.25) is 14.4 Å². The third-order valence-electron chi connectivity index (χ3n) is 9.07. The van der Waals surface area contributed by atoms with Crippen molar-refractivity contribution in [2.24, 2.45) is 5.73 Å². The number of nitrogens with zero attached hydrogens (tertiary/aromatic N) is 4. The molecule has 0 radical (unpaired) electrons. The SMILES string of the molecule is C[C@@H](N)c1cccc(C(=O)N(C)[C@H](Cc2ccc(-c3ccccc3)cc2)C(=O)N(C)[C@H](Cc2ccccc2)C(=O)N(C)CCCN(C)C)c1. The third-order valence-corrected chi connectivity index (χ3v) is 9.07. The summed E-state index contributed by atoms with van der Waals surface area (Å²) in [4.78, 5) is 49.6. The van der Waals surface area contributed by atoms with Gasteiger partial charge in [0.15, 0.2) is 0 Å². The normalized spacial score (nSPS) is 13.0. The van der Waals surface area contributed by atoms with E-state index in [9.17, 15) is 14.4 Å². The van der Waals surface area contributed by atoms with E-state index in [0.717, 1.165) is 40.8 Å². The summed E-state index contributed by atoms with van der Waals surface area (Å²) in [6.45, 7) is 3.28. The van der Waals surface area contributed by atoms with Gasteiger partial charge in [0.1, 0.15) is 12.1 Å². The standard InChI is InChI=1S/C41H51N5O3/c1-30(42)35-19-13-20-36(29-35)39(47)45(5)38(28-32-21-23-34(24-22-32)33-17-11-8-12-18-33)41(49)46(6)37(27-31-15-9-7-10-16-31)40(48)44(4)26-14-25-43(2)3/h7-13,15-24,29-30,37-38H,14,25-28,42H2,1-6H3/t30-,37-,38-/m1/s1. The molecule has 0 aliphatic carbocycles. The first kappa shape index (κ1) is 37.0. The molecule has 2 N–H and O–H groups in total. The molecule has 0 spiro atoms. The molecular weight excluding hydrogens is 610 g/mol. The summed E-state index contributed by atoms with van der Waals surface area (Å²) in [5.74, 6) is -0.729. The Kier molecular flexibility index (Phi) is 13.3. The van der Waals surface area contributed by atoms with Crippen molar-refractivity contribution in [3.05, 3.63) is 131 Å². The number of amides is 3. The molecule has 3 atom stereocenters. The van der Waals surface area contributed by atoms with Crippen LogP contribution in [0.5, 0.6) is 0 Å². The van der Waals surface area contributed by atoms with E-state index < -0.39 is 12.1 Å². The Morgan fingerprint density at radius 1 is 0.612 bits per heavy atom. The maximum atomic E-state index is 14.7. The van der Waals surface area contributed by atoms with Crippen LogP contribution in [0.3, 0.4) is 0 Å². The van der Waals surface area contributed by atoms with Crippen LogP contribution in [0.4, 0.5) is 0 Å². The first-order chi connectivity index (χ1) is 23.5. The van der Waals surface area contributed by atoms with Crippen molar-refractivity contribution in [2.75, 3.05) is 48.3 Å². The molecule has 8 nitrogen and oxygen atoms in total. The van der Waals surface area contributed by atoms with Crippen molar-refractivity contribution >= 4 is 17.7 Å². The molecular formula is C41H51N5O3. The number of hydrogen-bond donors (Lipinski definition) is 1. The van der Waals surface area contributed by atoms with Crippen molar-refractivity contribution in [1.82, 2.24) is 19.6 Å². The van der Waals surface area contributed by atoms with Crippen LogP contribution in [0.25, 0.3) is 11.1 Å². The fraction of sp³-hybridized carbons (Fsp3) is 0.341. The van der Waals surface area contributed by atoms with Crippen LogP contribution in [0.2, 0.25) is 0 Å². The molecule has 258 valence electrons. The molecule has 4 aromatic carbocycles. The average molecular weight is 662 g/mol. The highest BCUT2D eigenvalue weighted by Crippen LogP contribution is 2.23. The van der Waals surface area contributed by atoms with E-state index in [4.69, 9.17) is 5.73 Å². The fourth-order valence-corrected chi connectivity index (χ4v) is 5.98. The predicted octanol–water partition coefficient (Wildman–Crippen LogP) is 5.54. The highest BCUT2D eigenvalue weighted by atomic mass is 16.2. The fourth-order valence-electron chi connectivity index (χ4n) is 5.98. The highest BCUT2D eigenvalue weighted by Gasteiger charge is 2.36. The van der Waals surface area contributed by atoms with Gasteiger partial charge in [-0.2, -0.15) is 0 Å². The molecule has 0 aromatic heterocycles. The lowest BCUT2D eigenvalue weighted by molar-refractivity contribution is -0.146. The second kappa shape index (κ2) is 17.6. The molecule has 0 heterocycles. The van der Waals surface area contributed by atoms with Crippen LogP contribution in [0.15, 0.2) is 109 Å². The van der Waals surface area contributed by atoms with Gasteiger partial charge in [0.05, 0.1) is 0 Å². The molecule has 3 amide bonds. The van der Waals surface area contributed by atoms with Crippen LogP contribution in [0, 0.1) is 0 Å². The number of likely N-dealkylation sites (N-methyl/N-ethyl adjacent to an activating group) is 3. The zero-order valence-electron chi connectivity index (χ0n) is 29.8. The Labute approximate surface area is 292 Å². The maximum Gasteiger partial charge on any atom is 0.254 e. The van der Waals surface area contributed by atoms with Gasteiger partial charge in [-0.05, 0) is 73.9 Å². The second-order valence-electron chi connectivity index (χ2n) is 13.2. The molecule has 0 aliphatic rings. The van der Waals surface area contributed by atoms with Crippen molar-refractivity contribution in [2.45, 2.75) is 44.3 Å². The number of rotatable bonds is 15. The monoisotopic (exact) mass is 661 g/mol. The molecule has 49 heavy (non-hydrogen) atoms. The van der Waals surface area contributed by atoms with Crippen molar-refractivity contribution in [3.63, 3.8) is 0 Å². The Morgan fingerprint density at radius 2 is 1.16 bits per heavy atom. The summed E-state index contributed by atoms with van der Waals surface area (Å²) in [5.41, 5.74) is 11.4. The lowest BCUT2D eigenvalue weighted by Crippen LogP contribution is -2.56. The van der Waals surface area contributed by atoms with E-state index in [-0.39, 0.29) is 30.2 Å². The van der Waals surface area contributed by atoms with Gasteiger partial charge in [0.2, 0.25) is 11.8 Å². The summed E-state index contributed by atoms with van der Waals surface area (Å²) in [6.07, 6.45) is 1.44. The number of carbonyl (C=O) groups excluding carboxylic acids is 3. The van der Waals surface area contributed by atoms with Gasteiger partial charge in [0.25, 0.3) is 5.91 Å². The summed E-state index contributed by atoms with van der Waals surface area (Å²) in [6, 6.07) is 33.3. The van der Waals surface area contributed by atoms with Crippen molar-refractivity contribution in [3.8, 4) is 11.1 Å². The number of carbonyl (C=O) groups is 3. The van der Waals surface area contributed by atoms with Gasteiger partial charge in [0, 0.05) is 52.1 Å². The molecule has 4 aromatic rings. The number of nitrogens with two attached hydrogens (primary N) is 1. The quantitative estimate of drug-likeness (QED) is 0.181. The Hall–Kier alpha value is -4.79. The molecule has 4 rings (SSSR count). The van der Waals surface area contributed by atoms with E-state index in [2.05, 4.69) is 17.0 Å². The highest BCUT2D eigenvalue weighted by molar-refractivity contribution is 5.98. The van der Waals surface area contributed by atoms with Crippen molar-refractivity contribution in [1.29, 1.82) is 0 Å². The Bertz CT molecular complexity index is 1660. The zero-order valence-corrected chi connectivity index (χ0v) is 29.8. The van der Waals surface area contributed by atoms with Crippen LogP contribution in [-0.2, 0) is 22.4 Å². The lowest BCUT2D eigenvalue weighted by Gasteiger charge is -2.36. The summed E-state index contributed by atoms with van der Waals surface area (Å²) < 4.78 is 0. The summed E-state index contributed by atoms with van der Waals surface area (Å²) in [7, 11) is 9.15. The largest absolute Gasteiger partial charge is 0.344 e. The van der Waals surface area contributed by atoms with E-state index >= 15 is 0 Å². The maximum absolute atomic E-state index is 14.7. The van der Waals surface area contributed by atoms with Gasteiger partial charge >= 0.3 is 0 Å². The van der Waals surface area contributed by atoms with E-state index in [0.29, 0.717) is 18.5 Å². The minimum atomic E-state index is -0.871. The van der Waals surface area contributed by atoms with Crippen LogP contribution in [0.1, 0.15) is 46.4 Å². The summed E-state index contributed by atoms with van der Waals surface area (Å²) >= 11 is 0. The average Bonchev–Trinajstić information content (AvgIpc) is 3.12. The topological polar surface area (TPSA) is 90.2 Å². The van der Waals surface area contributed by atoms with Gasteiger partial charge < -0.3 is 25.3 Å². The smallest absolute Gasteiger partial charge is 0.254 e. The molecule has 0 saturated heterocycles. The zero-order chi connectivity index (χ0) is 35.5. The van der Waals surface area contributed by atoms with Gasteiger partial charge in [-0.15, -0.1) is 0 Å². The molecule has 0 fully saturated rings. The van der Waals surface area contributed by atoms with Gasteiger partial charge in [-0.25, -0.2) is 0 Å². The molecule has 8 heteroatoms. The molecule has 0 bridgehead atoms.